The minimum atomic E-state index is -0.621. The van der Waals surface area contributed by atoms with Crippen LogP contribution in [0.15, 0.2) is 30.3 Å². The molecule has 7 heteroatoms. The molecule has 0 saturated carbocycles. The highest BCUT2D eigenvalue weighted by Gasteiger charge is 2.46. The monoisotopic (exact) mass is 303 g/mol. The molecule has 7 nitrogen and oxygen atoms in total. The molecule has 1 aromatic rings. The highest BCUT2D eigenvalue weighted by Crippen LogP contribution is 2.28. The zero-order chi connectivity index (χ0) is 15.7. The van der Waals surface area contributed by atoms with Gasteiger partial charge in [-0.2, -0.15) is 0 Å². The zero-order valence-electron chi connectivity index (χ0n) is 11.9. The summed E-state index contributed by atoms with van der Waals surface area (Å²) in [6.07, 6.45) is 1.06. The van der Waals surface area contributed by atoms with Crippen LogP contribution in [0.5, 0.6) is 0 Å². The van der Waals surface area contributed by atoms with Crippen molar-refractivity contribution in [2.24, 2.45) is 0 Å². The Morgan fingerprint density at radius 2 is 1.95 bits per heavy atom. The van der Waals surface area contributed by atoms with E-state index in [1.54, 1.807) is 24.3 Å². The van der Waals surface area contributed by atoms with Gasteiger partial charge >= 0.3 is 6.03 Å². The van der Waals surface area contributed by atoms with Crippen LogP contribution < -0.4 is 5.32 Å². The molecule has 1 aromatic carbocycles. The number of fused-ring (bicyclic) bond motifs is 2. The van der Waals surface area contributed by atoms with Crippen molar-refractivity contribution in [2.75, 3.05) is 13.1 Å². The predicted octanol–water partition coefficient (Wildman–Crippen LogP) is 0.643. The van der Waals surface area contributed by atoms with Gasteiger partial charge in [-0.15, -0.1) is 0 Å². The Morgan fingerprint density at radius 3 is 2.68 bits per heavy atom. The maximum Gasteiger partial charge on any atom is 0.344 e. The van der Waals surface area contributed by atoms with Crippen LogP contribution >= 0.6 is 0 Å². The predicted molar refractivity (Wildman–Crippen MR) is 76.3 cm³/mol. The number of hydroxylamine groups is 2. The van der Waals surface area contributed by atoms with E-state index in [2.05, 4.69) is 5.32 Å². The number of piperidine rings is 1. The Kier molecular flexibility index (Phi) is 3.81. The van der Waals surface area contributed by atoms with E-state index in [0.717, 1.165) is 0 Å². The fourth-order valence-corrected chi connectivity index (χ4v) is 2.93. The number of urea groups is 1. The molecular weight excluding hydrogens is 286 g/mol. The van der Waals surface area contributed by atoms with Crippen molar-refractivity contribution in [1.82, 2.24) is 15.3 Å². The van der Waals surface area contributed by atoms with Crippen LogP contribution in [0.2, 0.25) is 0 Å². The van der Waals surface area contributed by atoms with Gasteiger partial charge in [-0.05, 0) is 12.8 Å². The lowest BCUT2D eigenvalue weighted by atomic mass is 10.00. The Bertz CT molecular complexity index is 604. The van der Waals surface area contributed by atoms with E-state index in [1.165, 1.54) is 4.90 Å². The number of carbonyl (C=O) groups excluding carboxylic acids is 3. The van der Waals surface area contributed by atoms with E-state index in [0.29, 0.717) is 30.0 Å². The highest BCUT2D eigenvalue weighted by atomic mass is 16.5. The van der Waals surface area contributed by atoms with Crippen molar-refractivity contribution in [3.05, 3.63) is 35.9 Å². The van der Waals surface area contributed by atoms with Crippen LogP contribution in [0.1, 0.15) is 23.2 Å². The van der Waals surface area contributed by atoms with E-state index in [4.69, 9.17) is 0 Å². The first-order chi connectivity index (χ1) is 10.6. The van der Waals surface area contributed by atoms with Gasteiger partial charge in [-0.3, -0.25) is 14.8 Å². The second kappa shape index (κ2) is 5.76. The van der Waals surface area contributed by atoms with E-state index in [1.807, 2.05) is 6.07 Å². The van der Waals surface area contributed by atoms with Gasteiger partial charge in [0.2, 0.25) is 5.91 Å². The molecule has 0 unspecified atom stereocenters. The number of ketones is 1. The lowest BCUT2D eigenvalue weighted by molar-refractivity contribution is -0.125. The summed E-state index contributed by atoms with van der Waals surface area (Å²) >= 11 is 0. The molecule has 0 aliphatic carbocycles. The Hall–Kier alpha value is -2.41. The van der Waals surface area contributed by atoms with Crippen LogP contribution in [0.4, 0.5) is 4.79 Å². The molecule has 2 N–H and O–H groups in total. The molecular formula is C15H17N3O4. The van der Waals surface area contributed by atoms with Crippen molar-refractivity contribution in [1.29, 1.82) is 0 Å². The summed E-state index contributed by atoms with van der Waals surface area (Å²) < 4.78 is 0. The lowest BCUT2D eigenvalue weighted by Crippen LogP contribution is -2.50. The number of rotatable bonds is 4. The number of amides is 3. The van der Waals surface area contributed by atoms with E-state index in [9.17, 15) is 19.6 Å². The second-order valence-electron chi connectivity index (χ2n) is 5.53. The van der Waals surface area contributed by atoms with E-state index >= 15 is 0 Å². The van der Waals surface area contributed by atoms with Gasteiger partial charge in [-0.1, -0.05) is 30.3 Å². The molecule has 2 aliphatic heterocycles. The van der Waals surface area contributed by atoms with Crippen LogP contribution in [0.25, 0.3) is 0 Å². The summed E-state index contributed by atoms with van der Waals surface area (Å²) in [7, 11) is 0. The average Bonchev–Trinajstić information content (AvgIpc) is 2.78. The minimum absolute atomic E-state index is 0.104. The Labute approximate surface area is 127 Å². The molecule has 2 heterocycles. The van der Waals surface area contributed by atoms with Gasteiger partial charge in [0.05, 0.1) is 12.6 Å². The number of carbonyl (C=O) groups is 3. The fraction of sp³-hybridized carbons (Fsp3) is 0.400. The van der Waals surface area contributed by atoms with Crippen molar-refractivity contribution in [3.8, 4) is 0 Å². The van der Waals surface area contributed by atoms with E-state index in [-0.39, 0.29) is 24.3 Å². The molecule has 3 amide bonds. The van der Waals surface area contributed by atoms with Crippen molar-refractivity contribution < 1.29 is 19.6 Å². The summed E-state index contributed by atoms with van der Waals surface area (Å²) in [5.41, 5.74) is 0.533. The summed E-state index contributed by atoms with van der Waals surface area (Å²) in [6.45, 7) is 0.244. The van der Waals surface area contributed by atoms with Crippen molar-refractivity contribution in [3.63, 3.8) is 0 Å². The van der Waals surface area contributed by atoms with Crippen molar-refractivity contribution in [2.45, 2.75) is 24.9 Å². The van der Waals surface area contributed by atoms with Crippen molar-refractivity contribution >= 4 is 17.7 Å². The van der Waals surface area contributed by atoms with Crippen LogP contribution in [-0.2, 0) is 4.79 Å². The smallest absolute Gasteiger partial charge is 0.344 e. The minimum Gasteiger partial charge on any atom is -0.347 e. The first-order valence-corrected chi connectivity index (χ1v) is 7.22. The van der Waals surface area contributed by atoms with Gasteiger partial charge in [0, 0.05) is 12.1 Å². The summed E-state index contributed by atoms with van der Waals surface area (Å²) in [4.78, 5) is 37.4. The lowest BCUT2D eigenvalue weighted by Gasteiger charge is -2.29. The Morgan fingerprint density at radius 1 is 1.23 bits per heavy atom. The van der Waals surface area contributed by atoms with Gasteiger partial charge in [-0.25, -0.2) is 9.86 Å². The molecule has 3 rings (SSSR count). The topological polar surface area (TPSA) is 90.0 Å². The Balaban J connectivity index is 1.59. The van der Waals surface area contributed by atoms with E-state index < -0.39 is 12.1 Å². The van der Waals surface area contributed by atoms with Gasteiger partial charge in [0.25, 0.3) is 0 Å². The zero-order valence-corrected chi connectivity index (χ0v) is 11.9. The standard InChI is InChI=1S/C15H17N3O4/c19-13(10-4-2-1-3-5-10)8-16-14(20)12-7-6-11-9-17(12)15(21)18(11)22/h1-5,11-12,22H,6-9H2,(H,16,20)/t11-,12+/m1/s1. The quantitative estimate of drug-likeness (QED) is 0.631. The molecule has 2 fully saturated rings. The summed E-state index contributed by atoms with van der Waals surface area (Å²) in [5, 5.41) is 12.9. The number of Topliss-reactive ketones (excluding diaryl/α,β-unsaturated/α-hetero) is 1. The highest BCUT2D eigenvalue weighted by molar-refractivity contribution is 6.00. The number of hydrogen-bond donors (Lipinski definition) is 2. The van der Waals surface area contributed by atoms with Crippen LogP contribution in [0, 0.1) is 0 Å². The number of nitrogens with one attached hydrogen (secondary N) is 1. The molecule has 2 saturated heterocycles. The van der Waals surface area contributed by atoms with Crippen LogP contribution in [0.3, 0.4) is 0 Å². The fourth-order valence-electron chi connectivity index (χ4n) is 2.93. The third-order valence-electron chi connectivity index (χ3n) is 4.17. The average molecular weight is 303 g/mol. The normalized spacial score (nSPS) is 23.6. The largest absolute Gasteiger partial charge is 0.347 e. The van der Waals surface area contributed by atoms with Gasteiger partial charge in [0.15, 0.2) is 5.78 Å². The third-order valence-corrected chi connectivity index (χ3v) is 4.17. The third kappa shape index (κ3) is 2.55. The molecule has 0 spiro atoms. The molecule has 22 heavy (non-hydrogen) atoms. The molecule has 0 radical (unpaired) electrons. The van der Waals surface area contributed by atoms with Gasteiger partial charge < -0.3 is 10.2 Å². The maximum atomic E-state index is 12.2. The number of hydrogen-bond acceptors (Lipinski definition) is 4. The first-order valence-electron chi connectivity index (χ1n) is 7.22. The summed E-state index contributed by atoms with van der Waals surface area (Å²) in [5.74, 6) is -0.537. The number of nitrogens with zero attached hydrogens (tertiary/aromatic N) is 2. The number of benzene rings is 1. The van der Waals surface area contributed by atoms with Crippen LogP contribution in [-0.4, -0.2) is 58.1 Å². The van der Waals surface area contributed by atoms with Gasteiger partial charge in [0.1, 0.15) is 6.04 Å². The molecule has 2 atom stereocenters. The molecule has 116 valence electrons. The summed E-state index contributed by atoms with van der Waals surface area (Å²) in [6, 6.07) is 7.31. The SMILES string of the molecule is O=C(CNC(=O)[C@@H]1CC[C@@H]2CN1C(=O)N2O)c1ccccc1. The molecule has 2 bridgehead atoms. The second-order valence-corrected chi connectivity index (χ2v) is 5.53. The maximum absolute atomic E-state index is 12.2. The first kappa shape index (κ1) is 14.5. The molecule has 0 aromatic heterocycles. The molecule has 2 aliphatic rings.